The molecule has 0 aliphatic heterocycles. The molecule has 0 N–H and O–H groups in total. The summed E-state index contributed by atoms with van der Waals surface area (Å²) in [6.07, 6.45) is 2.69. The fourth-order valence-corrected chi connectivity index (χ4v) is 2.91. The lowest BCUT2D eigenvalue weighted by Crippen LogP contribution is -2.22. The zero-order valence-corrected chi connectivity index (χ0v) is 15.2. The van der Waals surface area contributed by atoms with Crippen molar-refractivity contribution in [2.75, 3.05) is 7.11 Å². The van der Waals surface area contributed by atoms with Crippen molar-refractivity contribution in [2.45, 2.75) is 19.8 Å². The molecule has 6 heteroatoms. The number of ether oxygens (including phenoxy) is 1. The SMILES string of the molecule is COC(=O)CCc1ccc(-n2c(C)cn(-c3ccc(C#N)cc3)c2=O)cc1. The number of carbonyl (C=O) groups excluding carboxylic acids is 1. The minimum Gasteiger partial charge on any atom is -0.469 e. The second-order valence-electron chi connectivity index (χ2n) is 6.16. The average molecular weight is 361 g/mol. The Bertz CT molecular complexity index is 1050. The van der Waals surface area contributed by atoms with Crippen LogP contribution in [0.4, 0.5) is 0 Å². The van der Waals surface area contributed by atoms with E-state index in [1.807, 2.05) is 31.2 Å². The van der Waals surface area contributed by atoms with E-state index in [1.165, 1.54) is 7.11 Å². The van der Waals surface area contributed by atoms with E-state index < -0.39 is 0 Å². The summed E-state index contributed by atoms with van der Waals surface area (Å²) in [5, 5.41) is 8.91. The van der Waals surface area contributed by atoms with Crippen LogP contribution in [0.3, 0.4) is 0 Å². The molecule has 0 saturated heterocycles. The van der Waals surface area contributed by atoms with Gasteiger partial charge in [0, 0.05) is 18.3 Å². The first-order valence-electron chi connectivity index (χ1n) is 8.51. The van der Waals surface area contributed by atoms with Crippen molar-refractivity contribution in [3.05, 3.63) is 82.0 Å². The van der Waals surface area contributed by atoms with Gasteiger partial charge in [-0.05, 0) is 55.3 Å². The fourth-order valence-electron chi connectivity index (χ4n) is 2.91. The first-order valence-corrected chi connectivity index (χ1v) is 8.51. The summed E-state index contributed by atoms with van der Waals surface area (Å²) in [5.41, 5.74) is 3.63. The zero-order valence-electron chi connectivity index (χ0n) is 15.2. The van der Waals surface area contributed by atoms with Crippen molar-refractivity contribution in [3.8, 4) is 17.4 Å². The Morgan fingerprint density at radius 2 is 1.70 bits per heavy atom. The Hall–Kier alpha value is -3.59. The van der Waals surface area contributed by atoms with E-state index in [9.17, 15) is 9.59 Å². The van der Waals surface area contributed by atoms with Crippen LogP contribution < -0.4 is 5.69 Å². The number of carbonyl (C=O) groups is 1. The molecular formula is C21H19N3O3. The van der Waals surface area contributed by atoms with Crippen molar-refractivity contribution < 1.29 is 9.53 Å². The number of rotatable bonds is 5. The Morgan fingerprint density at radius 1 is 1.07 bits per heavy atom. The van der Waals surface area contributed by atoms with Crippen LogP contribution in [0.2, 0.25) is 0 Å². The lowest BCUT2D eigenvalue weighted by molar-refractivity contribution is -0.140. The molecule has 0 saturated carbocycles. The van der Waals surface area contributed by atoms with E-state index in [4.69, 9.17) is 5.26 Å². The van der Waals surface area contributed by atoms with Gasteiger partial charge < -0.3 is 4.74 Å². The minimum absolute atomic E-state index is 0.181. The number of nitrogens with zero attached hydrogens (tertiary/aromatic N) is 3. The molecular weight excluding hydrogens is 342 g/mol. The molecule has 1 heterocycles. The van der Waals surface area contributed by atoms with Gasteiger partial charge in [0.25, 0.3) is 0 Å². The van der Waals surface area contributed by atoms with Crippen LogP contribution in [0.1, 0.15) is 23.2 Å². The molecule has 0 fully saturated rings. The van der Waals surface area contributed by atoms with Crippen molar-refractivity contribution >= 4 is 5.97 Å². The molecule has 0 aliphatic rings. The highest BCUT2D eigenvalue weighted by molar-refractivity contribution is 5.69. The van der Waals surface area contributed by atoms with E-state index in [-0.39, 0.29) is 11.7 Å². The van der Waals surface area contributed by atoms with Gasteiger partial charge >= 0.3 is 11.7 Å². The fraction of sp³-hybridized carbons (Fsp3) is 0.190. The average Bonchev–Trinajstić information content (AvgIpc) is 3.00. The molecule has 0 spiro atoms. The van der Waals surface area contributed by atoms with Gasteiger partial charge in [0.2, 0.25) is 0 Å². The monoisotopic (exact) mass is 361 g/mol. The molecule has 136 valence electrons. The Kier molecular flexibility index (Phi) is 5.23. The van der Waals surface area contributed by atoms with Crippen molar-refractivity contribution in [3.63, 3.8) is 0 Å². The number of nitriles is 1. The third-order valence-electron chi connectivity index (χ3n) is 4.38. The van der Waals surface area contributed by atoms with Crippen LogP contribution in [0, 0.1) is 18.3 Å². The summed E-state index contributed by atoms with van der Waals surface area (Å²) in [7, 11) is 1.37. The standard InChI is InChI=1S/C21H19N3O3/c1-15-14-23(18-8-5-17(13-22)6-9-18)21(26)24(15)19-10-3-16(4-11-19)7-12-20(25)27-2/h3-6,8-11,14H,7,12H2,1-2H3. The summed E-state index contributed by atoms with van der Waals surface area (Å²) in [6.45, 7) is 1.87. The third-order valence-corrected chi connectivity index (χ3v) is 4.38. The van der Waals surface area contributed by atoms with Crippen LogP contribution in [0.25, 0.3) is 11.4 Å². The number of benzene rings is 2. The Labute approximate surface area is 156 Å². The van der Waals surface area contributed by atoms with Gasteiger partial charge in [0.1, 0.15) is 0 Å². The highest BCUT2D eigenvalue weighted by atomic mass is 16.5. The largest absolute Gasteiger partial charge is 0.469 e. The summed E-state index contributed by atoms with van der Waals surface area (Å²) in [4.78, 5) is 24.1. The zero-order chi connectivity index (χ0) is 19.4. The van der Waals surface area contributed by atoms with E-state index in [2.05, 4.69) is 10.8 Å². The molecule has 0 amide bonds. The number of aromatic nitrogens is 2. The second-order valence-corrected chi connectivity index (χ2v) is 6.16. The number of aryl methyl sites for hydroxylation is 2. The smallest absolute Gasteiger partial charge is 0.337 e. The van der Waals surface area contributed by atoms with Gasteiger partial charge in [-0.25, -0.2) is 4.79 Å². The molecule has 0 aliphatic carbocycles. The number of imidazole rings is 1. The van der Waals surface area contributed by atoms with Crippen LogP contribution in [-0.4, -0.2) is 22.2 Å². The van der Waals surface area contributed by atoms with Gasteiger partial charge in [0.05, 0.1) is 30.1 Å². The van der Waals surface area contributed by atoms with Crippen molar-refractivity contribution in [2.24, 2.45) is 0 Å². The van der Waals surface area contributed by atoms with Crippen molar-refractivity contribution in [1.82, 2.24) is 9.13 Å². The third kappa shape index (κ3) is 3.82. The van der Waals surface area contributed by atoms with E-state index in [0.717, 1.165) is 16.9 Å². The summed E-state index contributed by atoms with van der Waals surface area (Å²) in [6, 6.07) is 16.5. The van der Waals surface area contributed by atoms with Crippen molar-refractivity contribution in [1.29, 1.82) is 5.26 Å². The lowest BCUT2D eigenvalue weighted by atomic mass is 10.1. The van der Waals surface area contributed by atoms with Gasteiger partial charge in [-0.2, -0.15) is 5.26 Å². The summed E-state index contributed by atoms with van der Waals surface area (Å²) >= 11 is 0. The molecule has 0 unspecified atom stereocenters. The minimum atomic E-state index is -0.245. The molecule has 3 rings (SSSR count). The maximum absolute atomic E-state index is 12.9. The number of hydrogen-bond acceptors (Lipinski definition) is 4. The van der Waals surface area contributed by atoms with Crippen LogP contribution in [-0.2, 0) is 16.0 Å². The van der Waals surface area contributed by atoms with Gasteiger partial charge in [0.15, 0.2) is 0 Å². The number of methoxy groups -OCH3 is 1. The van der Waals surface area contributed by atoms with E-state index in [0.29, 0.717) is 24.1 Å². The molecule has 0 atom stereocenters. The maximum Gasteiger partial charge on any atom is 0.337 e. The summed E-state index contributed by atoms with van der Waals surface area (Å²) < 4.78 is 7.84. The van der Waals surface area contributed by atoms with Crippen LogP contribution in [0.15, 0.2) is 59.5 Å². The number of esters is 1. The van der Waals surface area contributed by atoms with E-state index >= 15 is 0 Å². The highest BCUT2D eigenvalue weighted by Gasteiger charge is 2.12. The molecule has 2 aromatic carbocycles. The molecule has 1 aromatic heterocycles. The second kappa shape index (κ2) is 7.75. The summed E-state index contributed by atoms with van der Waals surface area (Å²) in [5.74, 6) is -0.245. The first-order chi connectivity index (χ1) is 13.0. The lowest BCUT2D eigenvalue weighted by Gasteiger charge is -2.06. The highest BCUT2D eigenvalue weighted by Crippen LogP contribution is 2.15. The maximum atomic E-state index is 12.9. The molecule has 6 nitrogen and oxygen atoms in total. The van der Waals surface area contributed by atoms with Crippen LogP contribution in [0.5, 0.6) is 0 Å². The normalized spacial score (nSPS) is 10.4. The van der Waals surface area contributed by atoms with Gasteiger partial charge in [-0.1, -0.05) is 12.1 Å². The molecule has 27 heavy (non-hydrogen) atoms. The van der Waals surface area contributed by atoms with E-state index in [1.54, 1.807) is 39.6 Å². The molecule has 0 bridgehead atoms. The van der Waals surface area contributed by atoms with Crippen LogP contribution >= 0.6 is 0 Å². The predicted octanol–water partition coefficient (Wildman–Crippen LogP) is 2.91. The first kappa shape index (κ1) is 18.2. The Morgan fingerprint density at radius 3 is 2.30 bits per heavy atom. The number of hydrogen-bond donors (Lipinski definition) is 0. The van der Waals surface area contributed by atoms with Gasteiger partial charge in [-0.3, -0.25) is 13.9 Å². The molecule has 0 radical (unpaired) electrons. The Balaban J connectivity index is 1.89. The topological polar surface area (TPSA) is 77.0 Å². The quantitative estimate of drug-likeness (QED) is 0.655. The predicted molar refractivity (Wildman–Crippen MR) is 101 cm³/mol. The van der Waals surface area contributed by atoms with Gasteiger partial charge in [-0.15, -0.1) is 0 Å². The molecule has 3 aromatic rings.